The SMILES string of the molecule is Clc1cccc(-c2cccc(-n3c4ccccc4c4ccccc43)c2)c1-c1nc(-c2ccccc2)nc(-c2ccccc2)n1. The summed E-state index contributed by atoms with van der Waals surface area (Å²) >= 11 is 7.00. The molecule has 5 heteroatoms. The molecule has 0 unspecified atom stereocenters. The summed E-state index contributed by atoms with van der Waals surface area (Å²) < 4.78 is 2.32. The summed E-state index contributed by atoms with van der Waals surface area (Å²) in [5.41, 5.74) is 7.95. The number of rotatable bonds is 5. The lowest BCUT2D eigenvalue weighted by molar-refractivity contribution is 1.07. The fraction of sp³-hybridized carbons (Fsp3) is 0. The Balaban J connectivity index is 1.34. The first-order chi connectivity index (χ1) is 21.7. The summed E-state index contributed by atoms with van der Waals surface area (Å²) in [6, 6.07) is 51.6. The van der Waals surface area contributed by atoms with Crippen LogP contribution in [0.5, 0.6) is 0 Å². The van der Waals surface area contributed by atoms with Gasteiger partial charge in [0.15, 0.2) is 17.5 Å². The molecule has 0 bridgehead atoms. The second-order valence-electron chi connectivity index (χ2n) is 10.6. The van der Waals surface area contributed by atoms with Gasteiger partial charge in [-0.3, -0.25) is 0 Å². The molecule has 2 aromatic heterocycles. The molecule has 0 aliphatic carbocycles. The lowest BCUT2D eigenvalue weighted by atomic mass is 9.98. The predicted octanol–water partition coefficient (Wildman–Crippen LogP) is 10.3. The smallest absolute Gasteiger partial charge is 0.166 e. The lowest BCUT2D eigenvalue weighted by Crippen LogP contribution is -2.01. The van der Waals surface area contributed by atoms with E-state index in [0.717, 1.165) is 44.5 Å². The molecule has 4 nitrogen and oxygen atoms in total. The average Bonchev–Trinajstić information content (AvgIpc) is 3.43. The Labute approximate surface area is 259 Å². The molecule has 8 aromatic rings. The second kappa shape index (κ2) is 10.9. The van der Waals surface area contributed by atoms with E-state index in [0.29, 0.717) is 22.5 Å². The van der Waals surface area contributed by atoms with Gasteiger partial charge in [0, 0.05) is 33.2 Å². The van der Waals surface area contributed by atoms with Gasteiger partial charge in [0.1, 0.15) is 0 Å². The highest BCUT2D eigenvalue weighted by molar-refractivity contribution is 6.34. The molecule has 0 amide bonds. The Kier molecular flexibility index (Phi) is 6.47. The second-order valence-corrected chi connectivity index (χ2v) is 11.0. The maximum Gasteiger partial charge on any atom is 0.166 e. The van der Waals surface area contributed by atoms with Crippen molar-refractivity contribution in [2.75, 3.05) is 0 Å². The van der Waals surface area contributed by atoms with Crippen LogP contribution in [0.4, 0.5) is 0 Å². The van der Waals surface area contributed by atoms with Crippen LogP contribution in [0, 0.1) is 0 Å². The van der Waals surface area contributed by atoms with Crippen molar-refractivity contribution in [1.82, 2.24) is 19.5 Å². The van der Waals surface area contributed by atoms with E-state index in [1.165, 1.54) is 10.8 Å². The molecule has 0 N–H and O–H groups in total. The van der Waals surface area contributed by atoms with Crippen LogP contribution in [-0.2, 0) is 0 Å². The number of nitrogens with zero attached hydrogens (tertiary/aromatic N) is 4. The van der Waals surface area contributed by atoms with Crippen molar-refractivity contribution in [1.29, 1.82) is 0 Å². The third kappa shape index (κ3) is 4.53. The van der Waals surface area contributed by atoms with E-state index in [2.05, 4.69) is 83.4 Å². The third-order valence-corrected chi connectivity index (χ3v) is 8.25. The summed E-state index contributed by atoms with van der Waals surface area (Å²) in [5.74, 6) is 1.72. The number of halogens is 1. The van der Waals surface area contributed by atoms with Gasteiger partial charge in [0.05, 0.1) is 16.1 Å². The zero-order chi connectivity index (χ0) is 29.5. The Morgan fingerprint density at radius 2 is 0.932 bits per heavy atom. The number of hydrogen-bond donors (Lipinski definition) is 0. The molecule has 0 radical (unpaired) electrons. The van der Waals surface area contributed by atoms with E-state index in [9.17, 15) is 0 Å². The van der Waals surface area contributed by atoms with Gasteiger partial charge < -0.3 is 4.57 Å². The van der Waals surface area contributed by atoms with Crippen molar-refractivity contribution in [3.8, 4) is 51.0 Å². The van der Waals surface area contributed by atoms with Crippen LogP contribution in [-0.4, -0.2) is 19.5 Å². The first kappa shape index (κ1) is 26.1. The molecule has 0 aliphatic rings. The standard InChI is InChI=1S/C39H25ClN4/c40-33-22-12-21-30(28-17-11-18-29(25-28)44-34-23-9-7-19-31(34)32-20-8-10-24-35(32)44)36(33)39-42-37(26-13-3-1-4-14-26)41-38(43-39)27-15-5-2-6-16-27/h1-25H. The number of fused-ring (bicyclic) bond motifs is 3. The Morgan fingerprint density at radius 1 is 0.432 bits per heavy atom. The highest BCUT2D eigenvalue weighted by Gasteiger charge is 2.19. The van der Waals surface area contributed by atoms with Crippen LogP contribution in [0.15, 0.2) is 152 Å². The molecule has 0 saturated heterocycles. The number of hydrogen-bond acceptors (Lipinski definition) is 3. The quantitative estimate of drug-likeness (QED) is 0.202. The van der Waals surface area contributed by atoms with Crippen LogP contribution in [0.1, 0.15) is 0 Å². The van der Waals surface area contributed by atoms with Gasteiger partial charge in [-0.2, -0.15) is 0 Å². The van der Waals surface area contributed by atoms with Crippen molar-refractivity contribution in [3.63, 3.8) is 0 Å². The minimum Gasteiger partial charge on any atom is -0.309 e. The monoisotopic (exact) mass is 584 g/mol. The van der Waals surface area contributed by atoms with Gasteiger partial charge in [-0.1, -0.05) is 133 Å². The van der Waals surface area contributed by atoms with Gasteiger partial charge in [-0.05, 0) is 41.5 Å². The Hall–Kier alpha value is -5.58. The van der Waals surface area contributed by atoms with Gasteiger partial charge in [-0.25, -0.2) is 15.0 Å². The van der Waals surface area contributed by atoms with Crippen LogP contribution < -0.4 is 0 Å². The molecule has 6 aromatic carbocycles. The number of para-hydroxylation sites is 2. The van der Waals surface area contributed by atoms with E-state index >= 15 is 0 Å². The Morgan fingerprint density at radius 3 is 1.55 bits per heavy atom. The maximum absolute atomic E-state index is 7.00. The van der Waals surface area contributed by atoms with Gasteiger partial charge in [-0.15, -0.1) is 0 Å². The summed E-state index contributed by atoms with van der Waals surface area (Å²) in [5, 5.41) is 3.03. The number of benzene rings is 6. The van der Waals surface area contributed by atoms with Crippen molar-refractivity contribution < 1.29 is 0 Å². The Bertz CT molecular complexity index is 2180. The molecule has 0 spiro atoms. The first-order valence-corrected chi connectivity index (χ1v) is 14.9. The summed E-state index contributed by atoms with van der Waals surface area (Å²) in [7, 11) is 0. The minimum atomic E-state index is 0.528. The normalized spacial score (nSPS) is 11.3. The van der Waals surface area contributed by atoms with Gasteiger partial charge in [0.25, 0.3) is 0 Å². The van der Waals surface area contributed by atoms with E-state index < -0.39 is 0 Å². The predicted molar refractivity (Wildman–Crippen MR) is 181 cm³/mol. The van der Waals surface area contributed by atoms with Crippen LogP contribution in [0.2, 0.25) is 5.02 Å². The zero-order valence-electron chi connectivity index (χ0n) is 23.6. The third-order valence-electron chi connectivity index (χ3n) is 7.93. The summed E-state index contributed by atoms with van der Waals surface area (Å²) in [6.07, 6.45) is 0. The highest BCUT2D eigenvalue weighted by atomic mass is 35.5. The van der Waals surface area contributed by atoms with E-state index in [1.54, 1.807) is 0 Å². The van der Waals surface area contributed by atoms with Crippen molar-refractivity contribution in [2.45, 2.75) is 0 Å². The molecule has 44 heavy (non-hydrogen) atoms. The van der Waals surface area contributed by atoms with Crippen molar-refractivity contribution in [3.05, 3.63) is 157 Å². The van der Waals surface area contributed by atoms with E-state index in [1.807, 2.05) is 72.8 Å². The zero-order valence-corrected chi connectivity index (χ0v) is 24.4. The summed E-state index contributed by atoms with van der Waals surface area (Å²) in [4.78, 5) is 14.8. The molecule has 0 atom stereocenters. The molecule has 2 heterocycles. The average molecular weight is 585 g/mol. The van der Waals surface area contributed by atoms with Crippen LogP contribution in [0.3, 0.4) is 0 Å². The van der Waals surface area contributed by atoms with Crippen LogP contribution in [0.25, 0.3) is 72.8 Å². The number of aromatic nitrogens is 4. The minimum absolute atomic E-state index is 0.528. The molecule has 0 fully saturated rings. The molecule has 0 aliphatic heterocycles. The van der Waals surface area contributed by atoms with Crippen molar-refractivity contribution >= 4 is 33.4 Å². The fourth-order valence-electron chi connectivity index (χ4n) is 5.93. The lowest BCUT2D eigenvalue weighted by Gasteiger charge is -2.15. The van der Waals surface area contributed by atoms with E-state index in [-0.39, 0.29) is 0 Å². The van der Waals surface area contributed by atoms with Gasteiger partial charge >= 0.3 is 0 Å². The van der Waals surface area contributed by atoms with E-state index in [4.69, 9.17) is 26.6 Å². The largest absolute Gasteiger partial charge is 0.309 e. The highest BCUT2D eigenvalue weighted by Crippen LogP contribution is 2.39. The molecular weight excluding hydrogens is 560 g/mol. The summed E-state index contributed by atoms with van der Waals surface area (Å²) in [6.45, 7) is 0. The molecule has 0 saturated carbocycles. The first-order valence-electron chi connectivity index (χ1n) is 14.5. The topological polar surface area (TPSA) is 43.6 Å². The van der Waals surface area contributed by atoms with Gasteiger partial charge in [0.2, 0.25) is 0 Å². The maximum atomic E-state index is 7.00. The van der Waals surface area contributed by atoms with Crippen LogP contribution >= 0.6 is 11.6 Å². The van der Waals surface area contributed by atoms with Crippen molar-refractivity contribution in [2.24, 2.45) is 0 Å². The fourth-order valence-corrected chi connectivity index (χ4v) is 6.18. The molecule has 208 valence electrons. The molecule has 8 rings (SSSR count). The molecular formula is C39H25ClN4.